The average molecular weight is 498 g/mol. The Labute approximate surface area is 200 Å². The Balaban J connectivity index is 3.01. The first kappa shape index (κ1) is 29.0. The number of imidazole rings is 1. The van der Waals surface area contributed by atoms with Crippen molar-refractivity contribution in [3.05, 3.63) is 18.2 Å². The van der Waals surface area contributed by atoms with Crippen molar-refractivity contribution < 1.29 is 39.0 Å². The minimum absolute atomic E-state index is 0.147. The standard InChI is InChI=1S/C20H31N7O8/c1-3-9(2)16(27-17(31)11(21)5-15(29)30)19(33)25-12(6-14(22)28)18(32)26-13(20(34)35)4-10-7-23-8-24-10/h7-9,11-13,16H,3-6,21H2,1-2H3,(H2,22,28)(H,23,24)(H,25,33)(H,26,32)(H,27,31)(H,29,30)(H,34,35). The summed E-state index contributed by atoms with van der Waals surface area (Å²) >= 11 is 0. The molecule has 0 aliphatic heterocycles. The van der Waals surface area contributed by atoms with E-state index in [1.807, 2.05) is 0 Å². The monoisotopic (exact) mass is 497 g/mol. The van der Waals surface area contributed by atoms with E-state index >= 15 is 0 Å². The number of primary amides is 1. The molecule has 1 aromatic heterocycles. The van der Waals surface area contributed by atoms with Crippen LogP contribution in [0.25, 0.3) is 0 Å². The van der Waals surface area contributed by atoms with Gasteiger partial charge in [0.05, 0.1) is 25.2 Å². The Hall–Kier alpha value is -4.01. The predicted octanol–water partition coefficient (Wildman–Crippen LogP) is -2.79. The molecule has 0 bridgehead atoms. The molecule has 5 unspecified atom stereocenters. The number of aromatic nitrogens is 2. The summed E-state index contributed by atoms with van der Waals surface area (Å²) in [5.41, 5.74) is 11.2. The van der Waals surface area contributed by atoms with Crippen molar-refractivity contribution >= 4 is 35.6 Å². The van der Waals surface area contributed by atoms with Crippen LogP contribution in [0.3, 0.4) is 0 Å². The van der Waals surface area contributed by atoms with Crippen LogP contribution in [0.4, 0.5) is 0 Å². The van der Waals surface area contributed by atoms with Crippen LogP contribution >= 0.6 is 0 Å². The lowest BCUT2D eigenvalue weighted by molar-refractivity contribution is -0.142. The van der Waals surface area contributed by atoms with Gasteiger partial charge in [-0.15, -0.1) is 0 Å². The third-order valence-electron chi connectivity index (χ3n) is 5.16. The van der Waals surface area contributed by atoms with E-state index in [4.69, 9.17) is 16.6 Å². The molecular weight excluding hydrogens is 466 g/mol. The number of carbonyl (C=O) groups excluding carboxylic acids is 4. The molecule has 35 heavy (non-hydrogen) atoms. The molecule has 0 aromatic carbocycles. The van der Waals surface area contributed by atoms with Crippen LogP contribution in [0.5, 0.6) is 0 Å². The zero-order valence-electron chi connectivity index (χ0n) is 19.3. The molecule has 15 heteroatoms. The first-order valence-electron chi connectivity index (χ1n) is 10.7. The van der Waals surface area contributed by atoms with Crippen LogP contribution in [0.15, 0.2) is 12.5 Å². The minimum atomic E-state index is -1.54. The van der Waals surface area contributed by atoms with E-state index in [9.17, 15) is 33.9 Å². The normalized spacial score (nSPS) is 15.1. The first-order valence-corrected chi connectivity index (χ1v) is 10.7. The van der Waals surface area contributed by atoms with Gasteiger partial charge in [0, 0.05) is 18.3 Å². The predicted molar refractivity (Wildman–Crippen MR) is 119 cm³/mol. The summed E-state index contributed by atoms with van der Waals surface area (Å²) in [5.74, 6) is -6.83. The first-order chi connectivity index (χ1) is 16.3. The molecule has 0 saturated heterocycles. The number of nitrogens with two attached hydrogens (primary N) is 2. The van der Waals surface area contributed by atoms with Gasteiger partial charge in [-0.2, -0.15) is 0 Å². The summed E-state index contributed by atoms with van der Waals surface area (Å²) < 4.78 is 0. The highest BCUT2D eigenvalue weighted by Gasteiger charge is 2.33. The van der Waals surface area contributed by atoms with Crippen molar-refractivity contribution in [3.8, 4) is 0 Å². The molecule has 0 spiro atoms. The fourth-order valence-corrected chi connectivity index (χ4v) is 3.00. The van der Waals surface area contributed by atoms with Gasteiger partial charge >= 0.3 is 11.9 Å². The third-order valence-corrected chi connectivity index (χ3v) is 5.16. The maximum atomic E-state index is 13.0. The van der Waals surface area contributed by atoms with E-state index in [0.29, 0.717) is 12.1 Å². The van der Waals surface area contributed by atoms with Crippen LogP contribution < -0.4 is 27.4 Å². The van der Waals surface area contributed by atoms with Crippen molar-refractivity contribution in [2.24, 2.45) is 17.4 Å². The number of aliphatic carboxylic acids is 2. The van der Waals surface area contributed by atoms with Gasteiger partial charge in [-0.05, 0) is 5.92 Å². The number of carbonyl (C=O) groups is 6. The summed E-state index contributed by atoms with van der Waals surface area (Å²) in [5, 5.41) is 25.2. The van der Waals surface area contributed by atoms with Crippen molar-refractivity contribution in [2.45, 2.75) is 63.7 Å². The molecular formula is C20H31N7O8. The van der Waals surface area contributed by atoms with Gasteiger partial charge in [0.15, 0.2) is 0 Å². The van der Waals surface area contributed by atoms with E-state index < -0.39 is 78.5 Å². The second-order valence-electron chi connectivity index (χ2n) is 7.99. The largest absolute Gasteiger partial charge is 0.481 e. The molecule has 1 heterocycles. The van der Waals surface area contributed by atoms with Gasteiger partial charge < -0.3 is 42.6 Å². The third kappa shape index (κ3) is 9.79. The molecule has 0 saturated carbocycles. The number of carboxylic acid groups (broad SMARTS) is 2. The van der Waals surface area contributed by atoms with E-state index in [1.165, 1.54) is 12.5 Å². The lowest BCUT2D eigenvalue weighted by Crippen LogP contribution is -2.59. The summed E-state index contributed by atoms with van der Waals surface area (Å²) in [6.07, 6.45) is 1.65. The Morgan fingerprint density at radius 2 is 1.63 bits per heavy atom. The molecule has 4 amide bonds. The van der Waals surface area contributed by atoms with Gasteiger partial charge in [-0.25, -0.2) is 9.78 Å². The molecule has 194 valence electrons. The smallest absolute Gasteiger partial charge is 0.326 e. The summed E-state index contributed by atoms with van der Waals surface area (Å²) in [4.78, 5) is 78.4. The number of H-pyrrole nitrogens is 1. The zero-order valence-corrected chi connectivity index (χ0v) is 19.3. The molecule has 1 aromatic rings. The Bertz CT molecular complexity index is 921. The Kier molecular flexibility index (Phi) is 11.3. The Morgan fingerprint density at radius 3 is 2.11 bits per heavy atom. The molecule has 0 radical (unpaired) electrons. The number of hydrogen-bond donors (Lipinski definition) is 8. The van der Waals surface area contributed by atoms with Crippen LogP contribution in [0.2, 0.25) is 0 Å². The lowest BCUT2D eigenvalue weighted by Gasteiger charge is -2.27. The quantitative estimate of drug-likeness (QED) is 0.123. The number of carboxylic acids is 2. The summed E-state index contributed by atoms with van der Waals surface area (Å²) in [6, 6.07) is -5.60. The fourth-order valence-electron chi connectivity index (χ4n) is 3.00. The highest BCUT2D eigenvalue weighted by Crippen LogP contribution is 2.10. The van der Waals surface area contributed by atoms with Crippen LogP contribution in [-0.4, -0.2) is 79.9 Å². The van der Waals surface area contributed by atoms with Crippen molar-refractivity contribution in [3.63, 3.8) is 0 Å². The molecule has 15 nitrogen and oxygen atoms in total. The number of hydrogen-bond acceptors (Lipinski definition) is 8. The van der Waals surface area contributed by atoms with Crippen LogP contribution in [0.1, 0.15) is 38.8 Å². The number of aromatic amines is 1. The second kappa shape index (κ2) is 13.6. The zero-order chi connectivity index (χ0) is 26.7. The lowest BCUT2D eigenvalue weighted by atomic mass is 9.97. The highest BCUT2D eigenvalue weighted by atomic mass is 16.4. The molecule has 1 rings (SSSR count). The number of amides is 4. The maximum absolute atomic E-state index is 13.0. The van der Waals surface area contributed by atoms with E-state index in [-0.39, 0.29) is 6.42 Å². The fraction of sp³-hybridized carbons (Fsp3) is 0.550. The van der Waals surface area contributed by atoms with Gasteiger partial charge in [-0.3, -0.25) is 24.0 Å². The van der Waals surface area contributed by atoms with Crippen molar-refractivity contribution in [1.29, 1.82) is 0 Å². The summed E-state index contributed by atoms with van der Waals surface area (Å²) in [6.45, 7) is 3.36. The van der Waals surface area contributed by atoms with E-state index in [2.05, 4.69) is 25.9 Å². The number of rotatable bonds is 15. The van der Waals surface area contributed by atoms with Gasteiger partial charge in [0.25, 0.3) is 0 Å². The van der Waals surface area contributed by atoms with Crippen molar-refractivity contribution in [1.82, 2.24) is 25.9 Å². The van der Waals surface area contributed by atoms with Gasteiger partial charge in [-0.1, -0.05) is 20.3 Å². The molecule has 0 aliphatic carbocycles. The molecule has 0 fully saturated rings. The van der Waals surface area contributed by atoms with Crippen LogP contribution in [-0.2, 0) is 35.2 Å². The van der Waals surface area contributed by atoms with E-state index in [0.717, 1.165) is 0 Å². The minimum Gasteiger partial charge on any atom is -0.481 e. The average Bonchev–Trinajstić information content (AvgIpc) is 3.27. The van der Waals surface area contributed by atoms with Gasteiger partial charge in [0.2, 0.25) is 23.6 Å². The molecule has 0 aliphatic rings. The van der Waals surface area contributed by atoms with Crippen molar-refractivity contribution in [2.75, 3.05) is 0 Å². The summed E-state index contributed by atoms with van der Waals surface area (Å²) in [7, 11) is 0. The van der Waals surface area contributed by atoms with E-state index in [1.54, 1.807) is 13.8 Å². The molecule has 10 N–H and O–H groups in total. The topological polar surface area (TPSA) is 260 Å². The maximum Gasteiger partial charge on any atom is 0.326 e. The SMILES string of the molecule is CCC(C)C(NC(=O)C(N)CC(=O)O)C(=O)NC(CC(N)=O)C(=O)NC(Cc1cnc[nH]1)C(=O)O. The van der Waals surface area contributed by atoms with Gasteiger partial charge in [0.1, 0.15) is 18.1 Å². The Morgan fingerprint density at radius 1 is 1.00 bits per heavy atom. The van der Waals surface area contributed by atoms with Crippen LogP contribution in [0, 0.1) is 5.92 Å². The molecule has 5 atom stereocenters. The number of nitrogens with zero attached hydrogens (tertiary/aromatic N) is 1. The highest BCUT2D eigenvalue weighted by molar-refractivity contribution is 5.96. The number of nitrogens with one attached hydrogen (secondary N) is 4. The second-order valence-corrected chi connectivity index (χ2v) is 7.99.